The van der Waals surface area contributed by atoms with Gasteiger partial charge < -0.3 is 5.32 Å². The molecule has 0 aliphatic carbocycles. The summed E-state index contributed by atoms with van der Waals surface area (Å²) in [6.45, 7) is 10.8. The smallest absolute Gasteiger partial charge is 0.130 e. The Labute approximate surface area is 116 Å². The van der Waals surface area contributed by atoms with E-state index in [0.29, 0.717) is 11.8 Å². The standard InChI is InChI=1S/C14H26ClN3/c1-6-16-9-12(7-10(2)3)8-13-11(4)17-18(5)14(13)15/h10,12,16H,6-9H2,1-5H3. The lowest BCUT2D eigenvalue weighted by Crippen LogP contribution is -2.25. The van der Waals surface area contributed by atoms with Crippen LogP contribution >= 0.6 is 11.6 Å². The molecule has 0 saturated heterocycles. The van der Waals surface area contributed by atoms with Crippen LogP contribution in [-0.4, -0.2) is 22.9 Å². The molecule has 1 N–H and O–H groups in total. The molecule has 0 saturated carbocycles. The van der Waals surface area contributed by atoms with Gasteiger partial charge in [-0.3, -0.25) is 4.68 Å². The van der Waals surface area contributed by atoms with Gasteiger partial charge in [0, 0.05) is 12.6 Å². The molecular formula is C14H26ClN3. The highest BCUT2D eigenvalue weighted by atomic mass is 35.5. The SMILES string of the molecule is CCNCC(Cc1c(C)nn(C)c1Cl)CC(C)C. The number of aromatic nitrogens is 2. The highest BCUT2D eigenvalue weighted by molar-refractivity contribution is 6.30. The molecular weight excluding hydrogens is 246 g/mol. The van der Waals surface area contributed by atoms with Gasteiger partial charge >= 0.3 is 0 Å². The molecule has 0 radical (unpaired) electrons. The summed E-state index contributed by atoms with van der Waals surface area (Å²) in [5.41, 5.74) is 2.27. The third kappa shape index (κ3) is 4.29. The molecule has 1 aromatic rings. The van der Waals surface area contributed by atoms with E-state index < -0.39 is 0 Å². The molecule has 0 bridgehead atoms. The van der Waals surface area contributed by atoms with E-state index in [4.69, 9.17) is 11.6 Å². The Balaban J connectivity index is 2.74. The fraction of sp³-hybridized carbons (Fsp3) is 0.786. The first-order valence-electron chi connectivity index (χ1n) is 6.84. The normalized spacial score (nSPS) is 13.3. The molecule has 1 rings (SSSR count). The van der Waals surface area contributed by atoms with Crippen LogP contribution in [0.5, 0.6) is 0 Å². The number of aryl methyl sites for hydroxylation is 2. The zero-order valence-electron chi connectivity index (χ0n) is 12.3. The van der Waals surface area contributed by atoms with Crippen LogP contribution in [-0.2, 0) is 13.5 Å². The van der Waals surface area contributed by atoms with Crippen LogP contribution in [0.15, 0.2) is 0 Å². The van der Waals surface area contributed by atoms with Gasteiger partial charge in [0.25, 0.3) is 0 Å². The van der Waals surface area contributed by atoms with Gasteiger partial charge in [0.15, 0.2) is 0 Å². The first kappa shape index (κ1) is 15.5. The lowest BCUT2D eigenvalue weighted by Gasteiger charge is -2.19. The number of halogens is 1. The Hall–Kier alpha value is -0.540. The molecule has 0 amide bonds. The lowest BCUT2D eigenvalue weighted by molar-refractivity contribution is 0.388. The maximum absolute atomic E-state index is 6.31. The van der Waals surface area contributed by atoms with Crippen molar-refractivity contribution in [1.82, 2.24) is 15.1 Å². The maximum Gasteiger partial charge on any atom is 0.130 e. The molecule has 0 spiro atoms. The van der Waals surface area contributed by atoms with Crippen LogP contribution in [0.1, 0.15) is 38.4 Å². The van der Waals surface area contributed by atoms with Gasteiger partial charge in [-0.1, -0.05) is 32.4 Å². The Morgan fingerprint density at radius 2 is 2.06 bits per heavy atom. The second-order valence-corrected chi connectivity index (χ2v) is 5.84. The molecule has 4 heteroatoms. The van der Waals surface area contributed by atoms with Gasteiger partial charge in [0.2, 0.25) is 0 Å². The van der Waals surface area contributed by atoms with Crippen molar-refractivity contribution >= 4 is 11.6 Å². The minimum absolute atomic E-state index is 0.630. The summed E-state index contributed by atoms with van der Waals surface area (Å²) in [6, 6.07) is 0. The van der Waals surface area contributed by atoms with E-state index in [-0.39, 0.29) is 0 Å². The number of nitrogens with zero attached hydrogens (tertiary/aromatic N) is 2. The molecule has 0 aliphatic heterocycles. The fourth-order valence-electron chi connectivity index (χ4n) is 2.45. The van der Waals surface area contributed by atoms with Crippen LogP contribution in [0, 0.1) is 18.8 Å². The van der Waals surface area contributed by atoms with Crippen molar-refractivity contribution in [2.75, 3.05) is 13.1 Å². The molecule has 1 unspecified atom stereocenters. The van der Waals surface area contributed by atoms with Crippen molar-refractivity contribution in [3.8, 4) is 0 Å². The largest absolute Gasteiger partial charge is 0.317 e. The third-order valence-electron chi connectivity index (χ3n) is 3.25. The van der Waals surface area contributed by atoms with Crippen LogP contribution in [0.4, 0.5) is 0 Å². The Kier molecular flexibility index (Phi) is 6.16. The van der Waals surface area contributed by atoms with Gasteiger partial charge in [0.05, 0.1) is 5.69 Å². The average molecular weight is 272 g/mol. The van der Waals surface area contributed by atoms with Gasteiger partial charge in [0.1, 0.15) is 5.15 Å². The molecule has 1 heterocycles. The minimum Gasteiger partial charge on any atom is -0.317 e. The topological polar surface area (TPSA) is 29.9 Å². The highest BCUT2D eigenvalue weighted by Crippen LogP contribution is 2.24. The average Bonchev–Trinajstić information content (AvgIpc) is 2.52. The molecule has 3 nitrogen and oxygen atoms in total. The fourth-order valence-corrected chi connectivity index (χ4v) is 2.70. The number of nitrogens with one attached hydrogen (secondary N) is 1. The highest BCUT2D eigenvalue weighted by Gasteiger charge is 2.17. The summed E-state index contributed by atoms with van der Waals surface area (Å²) in [7, 11) is 1.90. The van der Waals surface area contributed by atoms with Crippen molar-refractivity contribution in [3.63, 3.8) is 0 Å². The van der Waals surface area contributed by atoms with E-state index in [9.17, 15) is 0 Å². The van der Waals surface area contributed by atoms with Crippen LogP contribution in [0.25, 0.3) is 0 Å². The molecule has 104 valence electrons. The number of hydrogen-bond donors (Lipinski definition) is 1. The van der Waals surface area contributed by atoms with E-state index >= 15 is 0 Å². The number of rotatable bonds is 7. The summed E-state index contributed by atoms with van der Waals surface area (Å²) < 4.78 is 1.77. The van der Waals surface area contributed by atoms with Crippen molar-refractivity contribution in [2.24, 2.45) is 18.9 Å². The Morgan fingerprint density at radius 3 is 2.50 bits per heavy atom. The van der Waals surface area contributed by atoms with Crippen molar-refractivity contribution in [1.29, 1.82) is 0 Å². The van der Waals surface area contributed by atoms with Crippen molar-refractivity contribution < 1.29 is 0 Å². The second kappa shape index (κ2) is 7.15. The molecule has 1 atom stereocenters. The van der Waals surface area contributed by atoms with Gasteiger partial charge in [-0.2, -0.15) is 5.10 Å². The second-order valence-electron chi connectivity index (χ2n) is 5.49. The summed E-state index contributed by atoms with van der Waals surface area (Å²) in [4.78, 5) is 0. The zero-order chi connectivity index (χ0) is 13.7. The first-order valence-corrected chi connectivity index (χ1v) is 7.22. The maximum atomic E-state index is 6.31. The van der Waals surface area contributed by atoms with E-state index in [1.165, 1.54) is 12.0 Å². The van der Waals surface area contributed by atoms with Gasteiger partial charge in [-0.15, -0.1) is 0 Å². The summed E-state index contributed by atoms with van der Waals surface area (Å²) in [5, 5.41) is 8.63. The van der Waals surface area contributed by atoms with Crippen molar-refractivity contribution in [2.45, 2.75) is 40.5 Å². The predicted octanol–water partition coefficient (Wildman–Crippen LogP) is 3.20. The molecule has 18 heavy (non-hydrogen) atoms. The van der Waals surface area contributed by atoms with E-state index in [0.717, 1.165) is 30.4 Å². The molecule has 0 aromatic carbocycles. The molecule has 1 aromatic heterocycles. The van der Waals surface area contributed by atoms with Crippen LogP contribution < -0.4 is 5.32 Å². The summed E-state index contributed by atoms with van der Waals surface area (Å²) in [5.74, 6) is 1.34. The molecule has 0 fully saturated rings. The van der Waals surface area contributed by atoms with Crippen molar-refractivity contribution in [3.05, 3.63) is 16.4 Å². The monoisotopic (exact) mass is 271 g/mol. The van der Waals surface area contributed by atoms with Crippen LogP contribution in [0.3, 0.4) is 0 Å². The van der Waals surface area contributed by atoms with E-state index in [2.05, 4.69) is 31.2 Å². The third-order valence-corrected chi connectivity index (χ3v) is 3.72. The Morgan fingerprint density at radius 1 is 1.39 bits per heavy atom. The number of hydrogen-bond acceptors (Lipinski definition) is 2. The molecule has 0 aliphatic rings. The van der Waals surface area contributed by atoms with Gasteiger partial charge in [-0.25, -0.2) is 0 Å². The minimum atomic E-state index is 0.630. The quantitative estimate of drug-likeness (QED) is 0.825. The summed E-state index contributed by atoms with van der Waals surface area (Å²) in [6.07, 6.45) is 2.24. The predicted molar refractivity (Wildman–Crippen MR) is 78.1 cm³/mol. The Bertz CT molecular complexity index is 371. The van der Waals surface area contributed by atoms with Crippen LogP contribution in [0.2, 0.25) is 5.15 Å². The summed E-state index contributed by atoms with van der Waals surface area (Å²) >= 11 is 6.31. The van der Waals surface area contributed by atoms with E-state index in [1.807, 2.05) is 14.0 Å². The van der Waals surface area contributed by atoms with E-state index in [1.54, 1.807) is 4.68 Å². The lowest BCUT2D eigenvalue weighted by atomic mass is 9.91. The zero-order valence-corrected chi connectivity index (χ0v) is 13.0. The first-order chi connectivity index (χ1) is 8.45. The van der Waals surface area contributed by atoms with Gasteiger partial charge in [-0.05, 0) is 44.7 Å².